The van der Waals surface area contributed by atoms with Crippen molar-refractivity contribution in [3.8, 4) is 6.07 Å². The molecule has 0 aliphatic carbocycles. The van der Waals surface area contributed by atoms with Gasteiger partial charge in [0.05, 0.1) is 13.2 Å². The van der Waals surface area contributed by atoms with Gasteiger partial charge in [-0.1, -0.05) is 12.1 Å². The molecule has 1 aliphatic heterocycles. The molecule has 0 bridgehead atoms. The molecule has 1 N–H and O–H groups in total. The molecule has 0 unspecified atom stereocenters. The number of nitrogens with one attached hydrogen (secondary N) is 1. The number of fused-ring (bicyclic) bond motifs is 1. The summed E-state index contributed by atoms with van der Waals surface area (Å²) < 4.78 is 5.36. The second-order valence-corrected chi connectivity index (χ2v) is 4.83. The molecule has 1 aromatic heterocycles. The lowest BCUT2D eigenvalue weighted by Crippen LogP contribution is -2.40. The first-order chi connectivity index (χ1) is 9.28. The first kappa shape index (κ1) is 11.9. The van der Waals surface area contributed by atoms with E-state index in [9.17, 15) is 5.26 Å². The number of anilines is 1. The van der Waals surface area contributed by atoms with Gasteiger partial charge >= 0.3 is 0 Å². The lowest BCUT2D eigenvalue weighted by atomic mass is 10.1. The van der Waals surface area contributed by atoms with E-state index in [1.54, 1.807) is 0 Å². The van der Waals surface area contributed by atoms with Crippen LogP contribution in [0, 0.1) is 18.3 Å². The molecule has 96 valence electrons. The second kappa shape index (κ2) is 4.87. The zero-order chi connectivity index (χ0) is 13.2. The van der Waals surface area contributed by atoms with Gasteiger partial charge in [-0.25, -0.2) is 4.98 Å². The minimum Gasteiger partial charge on any atom is -0.373 e. The lowest BCUT2D eigenvalue weighted by molar-refractivity contribution is -0.331. The second-order valence-electron chi connectivity index (χ2n) is 4.83. The number of aromatic amines is 1. The number of nitriles is 1. The smallest absolute Gasteiger partial charge is 0.293 e. The summed E-state index contributed by atoms with van der Waals surface area (Å²) in [5, 5.41) is 10.4. The quantitative estimate of drug-likeness (QED) is 0.778. The summed E-state index contributed by atoms with van der Waals surface area (Å²) in [6.07, 6.45) is 0. The molecule has 3 rings (SSSR count). The van der Waals surface area contributed by atoms with E-state index >= 15 is 0 Å². The molecule has 0 amide bonds. The number of rotatable bonds is 1. The largest absolute Gasteiger partial charge is 0.373 e. The Bertz CT molecular complexity index is 654. The van der Waals surface area contributed by atoms with E-state index in [-0.39, 0.29) is 0 Å². The minimum absolute atomic E-state index is 0.693. The Labute approximate surface area is 112 Å². The maximum Gasteiger partial charge on any atom is 0.293 e. The van der Waals surface area contributed by atoms with E-state index in [1.165, 1.54) is 5.56 Å². The number of hydrogen-bond acceptors (Lipinski definition) is 3. The van der Waals surface area contributed by atoms with Crippen LogP contribution < -0.4 is 9.88 Å². The Balaban J connectivity index is 2.13. The molecule has 1 fully saturated rings. The van der Waals surface area contributed by atoms with Crippen LogP contribution in [0.4, 0.5) is 5.82 Å². The van der Waals surface area contributed by atoms with Gasteiger partial charge < -0.3 is 4.74 Å². The van der Waals surface area contributed by atoms with Gasteiger partial charge in [-0.3, -0.25) is 4.90 Å². The molecule has 1 aliphatic rings. The lowest BCUT2D eigenvalue weighted by Gasteiger charge is -2.22. The number of pyridine rings is 1. The van der Waals surface area contributed by atoms with Gasteiger partial charge in [-0.05, 0) is 24.6 Å². The molecule has 2 aromatic rings. The molecule has 2 heterocycles. The van der Waals surface area contributed by atoms with E-state index in [1.807, 2.05) is 12.1 Å². The van der Waals surface area contributed by atoms with Crippen LogP contribution in [0.15, 0.2) is 24.3 Å². The highest BCUT2D eigenvalue weighted by atomic mass is 16.5. The normalized spacial score (nSPS) is 15.5. The monoisotopic (exact) mass is 254 g/mol. The highest BCUT2D eigenvalue weighted by Crippen LogP contribution is 2.20. The van der Waals surface area contributed by atoms with Crippen molar-refractivity contribution in [3.05, 3.63) is 35.4 Å². The number of benzene rings is 1. The fourth-order valence-corrected chi connectivity index (χ4v) is 2.44. The van der Waals surface area contributed by atoms with Crippen LogP contribution >= 0.6 is 0 Å². The average molecular weight is 254 g/mol. The van der Waals surface area contributed by atoms with Crippen molar-refractivity contribution in [2.45, 2.75) is 6.92 Å². The Morgan fingerprint density at radius 3 is 2.79 bits per heavy atom. The van der Waals surface area contributed by atoms with Crippen molar-refractivity contribution >= 4 is 16.7 Å². The number of aromatic nitrogens is 1. The van der Waals surface area contributed by atoms with Crippen LogP contribution in [-0.4, -0.2) is 26.3 Å². The van der Waals surface area contributed by atoms with Gasteiger partial charge in [0.15, 0.2) is 0 Å². The fraction of sp³-hybridized carbons (Fsp3) is 0.333. The van der Waals surface area contributed by atoms with Crippen LogP contribution in [0.25, 0.3) is 10.9 Å². The number of aryl methyl sites for hydroxylation is 1. The summed E-state index contributed by atoms with van der Waals surface area (Å²) in [6, 6.07) is 10.5. The van der Waals surface area contributed by atoms with Gasteiger partial charge in [-0.2, -0.15) is 5.26 Å². The third-order valence-corrected chi connectivity index (χ3v) is 3.46. The van der Waals surface area contributed by atoms with Gasteiger partial charge in [0.25, 0.3) is 5.82 Å². The molecule has 0 saturated carbocycles. The molecule has 19 heavy (non-hydrogen) atoms. The molecule has 0 radical (unpaired) electrons. The predicted octanol–water partition coefficient (Wildman–Crippen LogP) is 1.67. The van der Waals surface area contributed by atoms with E-state index < -0.39 is 0 Å². The summed E-state index contributed by atoms with van der Waals surface area (Å²) >= 11 is 0. The van der Waals surface area contributed by atoms with Gasteiger partial charge in [-0.15, -0.1) is 0 Å². The van der Waals surface area contributed by atoms with E-state index in [0.717, 1.165) is 29.8 Å². The maximum atomic E-state index is 9.34. The maximum absolute atomic E-state index is 9.34. The molecule has 4 heteroatoms. The van der Waals surface area contributed by atoms with E-state index in [4.69, 9.17) is 4.74 Å². The van der Waals surface area contributed by atoms with Crippen LogP contribution in [0.2, 0.25) is 0 Å². The molecule has 4 nitrogen and oxygen atoms in total. The first-order valence-corrected chi connectivity index (χ1v) is 6.47. The van der Waals surface area contributed by atoms with Crippen molar-refractivity contribution in [2.75, 3.05) is 31.2 Å². The molecular weight excluding hydrogens is 238 g/mol. The topological polar surface area (TPSA) is 50.4 Å². The Morgan fingerprint density at radius 2 is 2.05 bits per heavy atom. The number of morpholine rings is 1. The molecule has 0 atom stereocenters. The fourth-order valence-electron chi connectivity index (χ4n) is 2.44. The predicted molar refractivity (Wildman–Crippen MR) is 73.0 cm³/mol. The molecule has 0 spiro atoms. The third-order valence-electron chi connectivity index (χ3n) is 3.46. The highest BCUT2D eigenvalue weighted by Gasteiger charge is 2.23. The van der Waals surface area contributed by atoms with Crippen LogP contribution in [0.1, 0.15) is 11.1 Å². The van der Waals surface area contributed by atoms with E-state index in [0.29, 0.717) is 18.8 Å². The standard InChI is InChI=1S/C15H15N3O/c1-11-2-3-12-9-13(10-16)15(17-14(12)8-11)18-4-6-19-7-5-18/h2-3,8-9H,4-7H2,1H3/p+1. The first-order valence-electron chi connectivity index (χ1n) is 6.47. The van der Waals surface area contributed by atoms with Crippen molar-refractivity contribution in [1.82, 2.24) is 0 Å². The summed E-state index contributed by atoms with van der Waals surface area (Å²) in [6.45, 7) is 5.14. The van der Waals surface area contributed by atoms with Crippen LogP contribution in [0.3, 0.4) is 0 Å². The van der Waals surface area contributed by atoms with Gasteiger partial charge in [0, 0.05) is 5.39 Å². The van der Waals surface area contributed by atoms with Crippen LogP contribution in [-0.2, 0) is 4.74 Å². The molecule has 1 saturated heterocycles. The summed E-state index contributed by atoms with van der Waals surface area (Å²) in [7, 11) is 0. The zero-order valence-electron chi connectivity index (χ0n) is 10.9. The van der Waals surface area contributed by atoms with Crippen molar-refractivity contribution in [1.29, 1.82) is 5.26 Å². The summed E-state index contributed by atoms with van der Waals surface area (Å²) in [5.41, 5.74) is 2.97. The number of H-pyrrole nitrogens is 1. The van der Waals surface area contributed by atoms with Crippen LogP contribution in [0.5, 0.6) is 0 Å². The Morgan fingerprint density at radius 1 is 1.26 bits per heavy atom. The molecular formula is C15H16N3O+. The average Bonchev–Trinajstić information content (AvgIpc) is 2.46. The zero-order valence-corrected chi connectivity index (χ0v) is 10.9. The van der Waals surface area contributed by atoms with Crippen molar-refractivity contribution < 1.29 is 9.72 Å². The highest BCUT2D eigenvalue weighted by molar-refractivity contribution is 5.79. The third kappa shape index (κ3) is 2.25. The van der Waals surface area contributed by atoms with Crippen molar-refractivity contribution in [2.24, 2.45) is 0 Å². The molecule has 1 aromatic carbocycles. The Kier molecular flexibility index (Phi) is 3.06. The van der Waals surface area contributed by atoms with E-state index in [2.05, 4.69) is 35.0 Å². The van der Waals surface area contributed by atoms with Gasteiger partial charge in [0.1, 0.15) is 30.2 Å². The number of hydrogen-bond donors (Lipinski definition) is 0. The summed E-state index contributed by atoms with van der Waals surface area (Å²) in [4.78, 5) is 5.59. The Hall–Kier alpha value is -2.12. The van der Waals surface area contributed by atoms with Crippen molar-refractivity contribution in [3.63, 3.8) is 0 Å². The SMILES string of the molecule is Cc1ccc2cc(C#N)c(N3CCOCC3)[nH+]c2c1. The number of nitrogens with zero attached hydrogens (tertiary/aromatic N) is 2. The van der Waals surface area contributed by atoms with Gasteiger partial charge in [0.2, 0.25) is 0 Å². The summed E-state index contributed by atoms with van der Waals surface area (Å²) in [5.74, 6) is 0.906. The minimum atomic E-state index is 0.693. The number of ether oxygens (including phenoxy) is 1.